The van der Waals surface area contributed by atoms with Crippen LogP contribution in [0.5, 0.6) is 0 Å². The van der Waals surface area contributed by atoms with Crippen LogP contribution in [0, 0.1) is 0 Å². The van der Waals surface area contributed by atoms with Gasteiger partial charge in [-0.25, -0.2) is 4.98 Å². The number of aromatic nitrogens is 2. The lowest BCUT2D eigenvalue weighted by Gasteiger charge is -2.11. The fraction of sp³-hybridized carbons (Fsp3) is 0.786. The van der Waals surface area contributed by atoms with E-state index in [2.05, 4.69) is 28.7 Å². The minimum absolute atomic E-state index is 0.459. The van der Waals surface area contributed by atoms with Gasteiger partial charge in [0.15, 0.2) is 0 Å². The Morgan fingerprint density at radius 2 is 1.85 bits per heavy atom. The van der Waals surface area contributed by atoms with E-state index in [0.29, 0.717) is 39.1 Å². The van der Waals surface area contributed by atoms with Crippen molar-refractivity contribution in [2.24, 2.45) is 0 Å². The smallest absolute Gasteiger partial charge is 0.122 e. The standard InChI is InChI=1S/C14H27N3O3/c1-13(2)16-12-14-15-4-5-17(14)6-7-19-10-11-20-9-8-18-3/h4-5,13,16H,6-12H2,1-3H3. The molecule has 0 saturated heterocycles. The van der Waals surface area contributed by atoms with Crippen LogP contribution >= 0.6 is 0 Å². The second-order valence-electron chi connectivity index (χ2n) is 4.79. The number of ether oxygens (including phenoxy) is 3. The zero-order chi connectivity index (χ0) is 14.6. The molecular formula is C14H27N3O3. The number of rotatable bonds is 12. The van der Waals surface area contributed by atoms with Crippen molar-refractivity contribution < 1.29 is 14.2 Å². The Balaban J connectivity index is 2.08. The van der Waals surface area contributed by atoms with Gasteiger partial charge >= 0.3 is 0 Å². The minimum Gasteiger partial charge on any atom is -0.382 e. The molecule has 6 heteroatoms. The van der Waals surface area contributed by atoms with Crippen LogP contribution in [-0.2, 0) is 27.3 Å². The molecule has 0 aliphatic heterocycles. The Morgan fingerprint density at radius 1 is 1.15 bits per heavy atom. The monoisotopic (exact) mass is 285 g/mol. The normalized spacial score (nSPS) is 11.4. The number of imidazole rings is 1. The Labute approximate surface area is 121 Å². The Bertz CT molecular complexity index is 342. The maximum atomic E-state index is 5.53. The summed E-state index contributed by atoms with van der Waals surface area (Å²) in [5.74, 6) is 1.04. The van der Waals surface area contributed by atoms with Crippen LogP contribution in [-0.4, -0.2) is 55.7 Å². The van der Waals surface area contributed by atoms with Crippen LogP contribution < -0.4 is 5.32 Å². The van der Waals surface area contributed by atoms with E-state index in [9.17, 15) is 0 Å². The van der Waals surface area contributed by atoms with E-state index in [-0.39, 0.29) is 0 Å². The molecular weight excluding hydrogens is 258 g/mol. The lowest BCUT2D eigenvalue weighted by molar-refractivity contribution is 0.0229. The molecule has 1 aromatic rings. The number of hydrogen-bond acceptors (Lipinski definition) is 5. The molecule has 0 atom stereocenters. The topological polar surface area (TPSA) is 57.5 Å². The summed E-state index contributed by atoms with van der Waals surface area (Å²) in [5.41, 5.74) is 0. The lowest BCUT2D eigenvalue weighted by Crippen LogP contribution is -2.24. The van der Waals surface area contributed by atoms with Gasteiger partial charge in [-0.2, -0.15) is 0 Å². The molecule has 6 nitrogen and oxygen atoms in total. The van der Waals surface area contributed by atoms with Crippen molar-refractivity contribution >= 4 is 0 Å². The van der Waals surface area contributed by atoms with Gasteiger partial charge in [0.1, 0.15) is 5.82 Å². The van der Waals surface area contributed by atoms with Crippen LogP contribution in [0.2, 0.25) is 0 Å². The second-order valence-corrected chi connectivity index (χ2v) is 4.79. The Hall–Kier alpha value is -0.950. The van der Waals surface area contributed by atoms with Crippen LogP contribution in [0.4, 0.5) is 0 Å². The molecule has 1 heterocycles. The molecule has 0 radical (unpaired) electrons. The highest BCUT2D eigenvalue weighted by atomic mass is 16.5. The average molecular weight is 285 g/mol. The van der Waals surface area contributed by atoms with Crippen molar-refractivity contribution in [2.45, 2.75) is 33.0 Å². The number of hydrogen-bond donors (Lipinski definition) is 1. The second kappa shape index (κ2) is 10.8. The van der Waals surface area contributed by atoms with Gasteiger partial charge in [-0.1, -0.05) is 13.8 Å². The molecule has 0 aromatic carbocycles. The summed E-state index contributed by atoms with van der Waals surface area (Å²) in [7, 11) is 1.66. The maximum Gasteiger partial charge on any atom is 0.122 e. The van der Waals surface area contributed by atoms with Gasteiger partial charge in [-0.3, -0.25) is 0 Å². The summed E-state index contributed by atoms with van der Waals surface area (Å²) >= 11 is 0. The Kier molecular flexibility index (Phi) is 9.23. The van der Waals surface area contributed by atoms with Crippen LogP contribution in [0.1, 0.15) is 19.7 Å². The first-order chi connectivity index (χ1) is 9.74. The van der Waals surface area contributed by atoms with E-state index in [1.54, 1.807) is 7.11 Å². The highest BCUT2D eigenvalue weighted by molar-refractivity contribution is 4.92. The third-order valence-corrected chi connectivity index (χ3v) is 2.75. The zero-order valence-corrected chi connectivity index (χ0v) is 12.8. The number of methoxy groups -OCH3 is 1. The van der Waals surface area contributed by atoms with Crippen molar-refractivity contribution in [3.8, 4) is 0 Å². The molecule has 0 aliphatic rings. The highest BCUT2D eigenvalue weighted by Crippen LogP contribution is 1.98. The van der Waals surface area contributed by atoms with E-state index in [4.69, 9.17) is 14.2 Å². The van der Waals surface area contributed by atoms with Crippen molar-refractivity contribution in [3.05, 3.63) is 18.2 Å². The van der Waals surface area contributed by atoms with E-state index in [1.165, 1.54) is 0 Å². The predicted octanol–water partition coefficient (Wildman–Crippen LogP) is 1.06. The highest BCUT2D eigenvalue weighted by Gasteiger charge is 2.03. The summed E-state index contributed by atoms with van der Waals surface area (Å²) in [4.78, 5) is 4.34. The van der Waals surface area contributed by atoms with Crippen molar-refractivity contribution in [3.63, 3.8) is 0 Å². The van der Waals surface area contributed by atoms with Gasteiger partial charge in [0.2, 0.25) is 0 Å². The summed E-state index contributed by atoms with van der Waals surface area (Å²) in [6, 6.07) is 0.459. The molecule has 1 aromatic heterocycles. The van der Waals surface area contributed by atoms with E-state index >= 15 is 0 Å². The fourth-order valence-electron chi connectivity index (χ4n) is 1.63. The first-order valence-corrected chi connectivity index (χ1v) is 7.12. The average Bonchev–Trinajstić information content (AvgIpc) is 2.87. The van der Waals surface area contributed by atoms with Crippen molar-refractivity contribution in [1.29, 1.82) is 0 Å². The summed E-state index contributed by atoms with van der Waals surface area (Å²) in [5, 5.41) is 3.36. The summed E-state index contributed by atoms with van der Waals surface area (Å²) in [6.07, 6.45) is 3.81. The first kappa shape index (κ1) is 17.1. The van der Waals surface area contributed by atoms with Gasteiger partial charge in [0.05, 0.1) is 39.6 Å². The van der Waals surface area contributed by atoms with Gasteiger partial charge in [-0.05, 0) is 0 Å². The predicted molar refractivity (Wildman–Crippen MR) is 77.7 cm³/mol. The van der Waals surface area contributed by atoms with Gasteiger partial charge in [0, 0.05) is 32.1 Å². The molecule has 0 fully saturated rings. The van der Waals surface area contributed by atoms with Gasteiger partial charge in [-0.15, -0.1) is 0 Å². The molecule has 0 amide bonds. The first-order valence-electron chi connectivity index (χ1n) is 7.12. The molecule has 1 N–H and O–H groups in total. The summed E-state index contributed by atoms with van der Waals surface area (Å²) in [6.45, 7) is 8.97. The molecule has 20 heavy (non-hydrogen) atoms. The van der Waals surface area contributed by atoms with Crippen molar-refractivity contribution in [1.82, 2.24) is 14.9 Å². The molecule has 1 rings (SSSR count). The quantitative estimate of drug-likeness (QED) is 0.582. The third-order valence-electron chi connectivity index (χ3n) is 2.75. The van der Waals surface area contributed by atoms with E-state index in [0.717, 1.165) is 18.9 Å². The van der Waals surface area contributed by atoms with Crippen LogP contribution in [0.25, 0.3) is 0 Å². The van der Waals surface area contributed by atoms with E-state index < -0.39 is 0 Å². The van der Waals surface area contributed by atoms with Crippen LogP contribution in [0.3, 0.4) is 0 Å². The lowest BCUT2D eigenvalue weighted by atomic mass is 10.4. The molecule has 0 aliphatic carbocycles. The SMILES string of the molecule is COCCOCCOCCn1ccnc1CNC(C)C. The fourth-order valence-corrected chi connectivity index (χ4v) is 1.63. The maximum absolute atomic E-state index is 5.53. The number of nitrogens with zero attached hydrogens (tertiary/aromatic N) is 2. The molecule has 116 valence electrons. The Morgan fingerprint density at radius 3 is 2.55 bits per heavy atom. The minimum atomic E-state index is 0.459. The van der Waals surface area contributed by atoms with E-state index in [1.807, 2.05) is 12.4 Å². The molecule has 0 bridgehead atoms. The zero-order valence-electron chi connectivity index (χ0n) is 12.8. The largest absolute Gasteiger partial charge is 0.382 e. The molecule has 0 unspecified atom stereocenters. The number of nitrogens with one attached hydrogen (secondary N) is 1. The molecule has 0 spiro atoms. The van der Waals surface area contributed by atoms with Crippen LogP contribution in [0.15, 0.2) is 12.4 Å². The summed E-state index contributed by atoms with van der Waals surface area (Å²) < 4.78 is 17.9. The third kappa shape index (κ3) is 7.59. The molecule has 0 saturated carbocycles. The van der Waals surface area contributed by atoms with Crippen molar-refractivity contribution in [2.75, 3.05) is 40.1 Å². The van der Waals surface area contributed by atoms with Gasteiger partial charge < -0.3 is 24.1 Å². The van der Waals surface area contributed by atoms with Gasteiger partial charge in [0.25, 0.3) is 0 Å².